The van der Waals surface area contributed by atoms with E-state index in [0.717, 1.165) is 17.3 Å². The van der Waals surface area contributed by atoms with E-state index in [-0.39, 0.29) is 22.3 Å². The van der Waals surface area contributed by atoms with Crippen LogP contribution >= 0.6 is 0 Å². The van der Waals surface area contributed by atoms with Crippen molar-refractivity contribution in [1.29, 1.82) is 5.41 Å². The number of halogens is 3. The van der Waals surface area contributed by atoms with Crippen molar-refractivity contribution < 1.29 is 17.9 Å². The van der Waals surface area contributed by atoms with Crippen LogP contribution in [-0.2, 0) is 25.4 Å². The largest absolute Gasteiger partial charge is 0.481 e. The molecule has 3 aromatic heterocycles. The molecule has 8 nitrogen and oxygen atoms in total. The van der Waals surface area contributed by atoms with Crippen LogP contribution in [0.3, 0.4) is 0 Å². The lowest BCUT2D eigenvalue weighted by atomic mass is 9.94. The second kappa shape index (κ2) is 9.94. The number of allylic oxidation sites excluding steroid dienone is 1. The Morgan fingerprint density at radius 3 is 2.49 bits per heavy atom. The molecule has 0 aliphatic rings. The van der Waals surface area contributed by atoms with Gasteiger partial charge in [-0.2, -0.15) is 13.2 Å². The van der Waals surface area contributed by atoms with Gasteiger partial charge in [0, 0.05) is 79.9 Å². The summed E-state index contributed by atoms with van der Waals surface area (Å²) >= 11 is 0. The van der Waals surface area contributed by atoms with Gasteiger partial charge in [-0.25, -0.2) is 0 Å². The highest BCUT2D eigenvalue weighted by atomic mass is 19.4. The second-order valence-electron chi connectivity index (χ2n) is 8.50. The SMILES string of the molecule is COCc1cccc(-c2cn(C)c(=O)cc2-c2cn(C)c(=O)c3[nH]c(/C(C=N)=C/NC(F)(F)F)cc23)c1. The zero-order valence-electron chi connectivity index (χ0n) is 20.2. The molecule has 0 aliphatic carbocycles. The Kier molecular flexibility index (Phi) is 6.90. The minimum Gasteiger partial charge on any atom is -0.380 e. The Labute approximate surface area is 209 Å². The Morgan fingerprint density at radius 2 is 1.81 bits per heavy atom. The Balaban J connectivity index is 2.00. The number of aromatic amines is 1. The lowest BCUT2D eigenvalue weighted by molar-refractivity contribution is -0.146. The van der Waals surface area contributed by atoms with Gasteiger partial charge in [-0.15, -0.1) is 0 Å². The fraction of sp³-hybridized carbons (Fsp3) is 0.192. The minimum atomic E-state index is -4.68. The topological polar surface area (TPSA) is 105 Å². The monoisotopic (exact) mass is 511 g/mol. The van der Waals surface area contributed by atoms with Crippen molar-refractivity contribution >= 4 is 22.7 Å². The highest BCUT2D eigenvalue weighted by molar-refractivity contribution is 6.10. The average Bonchev–Trinajstić information content (AvgIpc) is 3.28. The van der Waals surface area contributed by atoms with Crippen molar-refractivity contribution in [2.45, 2.75) is 12.9 Å². The zero-order chi connectivity index (χ0) is 26.9. The standard InChI is InChI=1S/C26H24F3N5O3/c1-33-12-20(16-6-4-5-15(7-16)14-37-3)18(9-23(33)35)21-13-34(2)25(36)24-19(21)8-22(32-24)17(10-30)11-31-26(27,28)29/h4-13,30-32H,14H2,1-3H3/b17-11+,30-10?. The Hall–Kier alpha value is -4.38. The number of nitrogens with one attached hydrogen (secondary N) is 3. The molecule has 0 amide bonds. The quantitative estimate of drug-likeness (QED) is 0.256. The molecule has 0 aliphatic heterocycles. The van der Waals surface area contributed by atoms with E-state index in [1.54, 1.807) is 33.6 Å². The number of methoxy groups -OCH3 is 1. The third kappa shape index (κ3) is 5.26. The number of aromatic nitrogens is 3. The summed E-state index contributed by atoms with van der Waals surface area (Å²) in [7, 11) is 4.77. The van der Waals surface area contributed by atoms with Crippen LogP contribution in [0.2, 0.25) is 0 Å². The van der Waals surface area contributed by atoms with E-state index in [4.69, 9.17) is 10.1 Å². The van der Waals surface area contributed by atoms with Gasteiger partial charge in [0.15, 0.2) is 0 Å². The zero-order valence-corrected chi connectivity index (χ0v) is 20.2. The van der Waals surface area contributed by atoms with Gasteiger partial charge >= 0.3 is 6.30 Å². The maximum absolute atomic E-state index is 12.9. The van der Waals surface area contributed by atoms with Gasteiger partial charge in [-0.1, -0.05) is 18.2 Å². The molecule has 3 heterocycles. The van der Waals surface area contributed by atoms with Gasteiger partial charge in [-0.3, -0.25) is 9.59 Å². The van der Waals surface area contributed by atoms with E-state index in [9.17, 15) is 22.8 Å². The van der Waals surface area contributed by atoms with Crippen LogP contribution in [0.15, 0.2) is 64.6 Å². The number of hydrogen-bond donors (Lipinski definition) is 3. The minimum absolute atomic E-state index is 0.113. The number of aryl methyl sites for hydroxylation is 2. The maximum Gasteiger partial charge on any atom is 0.481 e. The first kappa shape index (κ1) is 25.7. The van der Waals surface area contributed by atoms with E-state index in [1.165, 1.54) is 26.6 Å². The Bertz CT molecular complexity index is 1640. The molecule has 0 saturated heterocycles. The normalized spacial score (nSPS) is 12.2. The summed E-state index contributed by atoms with van der Waals surface area (Å²) in [5.41, 5.74) is 2.98. The highest BCUT2D eigenvalue weighted by Gasteiger charge is 2.25. The summed E-state index contributed by atoms with van der Waals surface area (Å²) in [6.07, 6.45) is -0.00501. The third-order valence-corrected chi connectivity index (χ3v) is 5.89. The van der Waals surface area contributed by atoms with Gasteiger partial charge in [0.25, 0.3) is 11.1 Å². The van der Waals surface area contributed by atoms with Crippen LogP contribution in [-0.4, -0.2) is 33.7 Å². The smallest absolute Gasteiger partial charge is 0.380 e. The van der Waals surface area contributed by atoms with Crippen molar-refractivity contribution in [1.82, 2.24) is 19.4 Å². The Morgan fingerprint density at radius 1 is 1.08 bits per heavy atom. The summed E-state index contributed by atoms with van der Waals surface area (Å²) in [6.45, 7) is 0.394. The van der Waals surface area contributed by atoms with Crippen molar-refractivity contribution in [3.8, 4) is 22.3 Å². The molecular formula is C26H24F3N5O3. The molecule has 192 valence electrons. The highest BCUT2D eigenvalue weighted by Crippen LogP contribution is 2.35. The van der Waals surface area contributed by atoms with Crippen molar-refractivity contribution in [2.75, 3.05) is 7.11 Å². The van der Waals surface area contributed by atoms with E-state index in [2.05, 4.69) is 4.98 Å². The molecule has 0 bridgehead atoms. The third-order valence-electron chi connectivity index (χ3n) is 5.89. The van der Waals surface area contributed by atoms with Gasteiger partial charge in [0.1, 0.15) is 5.52 Å². The van der Waals surface area contributed by atoms with E-state index < -0.39 is 11.9 Å². The lowest BCUT2D eigenvalue weighted by Gasteiger charge is -2.14. The number of pyridine rings is 2. The van der Waals surface area contributed by atoms with Crippen LogP contribution in [0.4, 0.5) is 13.2 Å². The van der Waals surface area contributed by atoms with Crippen LogP contribution in [0.1, 0.15) is 11.3 Å². The molecule has 4 rings (SSSR count). The molecule has 0 fully saturated rings. The molecule has 1 aromatic carbocycles. The predicted octanol–water partition coefficient (Wildman–Crippen LogP) is 4.15. The van der Waals surface area contributed by atoms with Crippen molar-refractivity contribution in [2.24, 2.45) is 14.1 Å². The molecule has 0 atom stereocenters. The van der Waals surface area contributed by atoms with Crippen LogP contribution in [0, 0.1) is 5.41 Å². The predicted molar refractivity (Wildman–Crippen MR) is 136 cm³/mol. The average molecular weight is 512 g/mol. The first-order chi connectivity index (χ1) is 17.5. The molecule has 3 N–H and O–H groups in total. The van der Waals surface area contributed by atoms with Gasteiger partial charge < -0.3 is 29.6 Å². The first-order valence-corrected chi connectivity index (χ1v) is 11.1. The molecule has 0 radical (unpaired) electrons. The molecule has 37 heavy (non-hydrogen) atoms. The summed E-state index contributed by atoms with van der Waals surface area (Å²) in [6, 6.07) is 10.6. The van der Waals surface area contributed by atoms with Crippen molar-refractivity contribution in [3.05, 3.63) is 87.0 Å². The van der Waals surface area contributed by atoms with Crippen LogP contribution in [0.25, 0.3) is 38.7 Å². The molecule has 0 saturated carbocycles. The first-order valence-electron chi connectivity index (χ1n) is 11.1. The van der Waals surface area contributed by atoms with E-state index in [1.807, 2.05) is 24.3 Å². The van der Waals surface area contributed by atoms with Crippen LogP contribution in [0.5, 0.6) is 0 Å². The fourth-order valence-electron chi connectivity index (χ4n) is 4.14. The number of alkyl halides is 3. The van der Waals surface area contributed by atoms with Gasteiger partial charge in [0.05, 0.1) is 6.61 Å². The summed E-state index contributed by atoms with van der Waals surface area (Å²) in [5, 5.41) is 9.27. The number of nitrogens with zero attached hydrogens (tertiary/aromatic N) is 2. The number of rotatable bonds is 7. The van der Waals surface area contributed by atoms with E-state index in [0.29, 0.717) is 34.9 Å². The summed E-state index contributed by atoms with van der Waals surface area (Å²) in [5.74, 6) is 0. The van der Waals surface area contributed by atoms with Crippen molar-refractivity contribution in [3.63, 3.8) is 0 Å². The molecule has 11 heteroatoms. The number of benzene rings is 1. The molecule has 0 spiro atoms. The number of ether oxygens (including phenoxy) is 1. The van der Waals surface area contributed by atoms with Gasteiger partial charge in [-0.05, 0) is 28.8 Å². The molecular weight excluding hydrogens is 487 g/mol. The molecule has 0 unspecified atom stereocenters. The van der Waals surface area contributed by atoms with Gasteiger partial charge in [0.2, 0.25) is 0 Å². The number of fused-ring (bicyclic) bond motifs is 1. The molecule has 4 aromatic rings. The lowest BCUT2D eigenvalue weighted by Crippen LogP contribution is -2.26. The summed E-state index contributed by atoms with van der Waals surface area (Å²) in [4.78, 5) is 28.5. The second-order valence-corrected chi connectivity index (χ2v) is 8.50. The number of hydrogen-bond acceptors (Lipinski definition) is 5. The summed E-state index contributed by atoms with van der Waals surface area (Å²) < 4.78 is 46.1. The van der Waals surface area contributed by atoms with E-state index >= 15 is 0 Å². The fourth-order valence-corrected chi connectivity index (χ4v) is 4.14. The maximum atomic E-state index is 12.9. The van der Waals surface area contributed by atoms with Crippen LogP contribution < -0.4 is 16.4 Å². The number of H-pyrrole nitrogens is 1.